The van der Waals surface area contributed by atoms with Crippen LogP contribution < -0.4 is 5.73 Å². The Hall–Kier alpha value is -0.120. The van der Waals surface area contributed by atoms with Gasteiger partial charge >= 0.3 is 0 Å². The number of likely N-dealkylation sites (N-methyl/N-ethyl adjacent to an activating group) is 1. The van der Waals surface area contributed by atoms with Gasteiger partial charge in [0.2, 0.25) is 0 Å². The van der Waals surface area contributed by atoms with E-state index in [1.54, 1.807) is 0 Å². The van der Waals surface area contributed by atoms with Gasteiger partial charge in [-0.05, 0) is 32.2 Å². The fourth-order valence-corrected chi connectivity index (χ4v) is 3.69. The molecule has 1 heterocycles. The maximum Gasteiger partial charge on any atom is 0.0338 e. The highest BCUT2D eigenvalue weighted by atomic mass is 15.3. The molecule has 0 radical (unpaired) electrons. The molecule has 2 aliphatic rings. The third-order valence-corrected chi connectivity index (χ3v) is 4.68. The third kappa shape index (κ3) is 2.01. The molecule has 0 amide bonds. The Labute approximate surface area is 100.0 Å². The van der Waals surface area contributed by atoms with Crippen molar-refractivity contribution < 1.29 is 0 Å². The van der Waals surface area contributed by atoms with E-state index in [9.17, 15) is 0 Å². The van der Waals surface area contributed by atoms with Gasteiger partial charge in [0.1, 0.15) is 0 Å². The van der Waals surface area contributed by atoms with Gasteiger partial charge in [-0.1, -0.05) is 13.8 Å². The highest BCUT2D eigenvalue weighted by molar-refractivity contribution is 5.04. The molecule has 2 N–H and O–H groups in total. The van der Waals surface area contributed by atoms with Gasteiger partial charge in [-0.15, -0.1) is 0 Å². The second-order valence-corrected chi connectivity index (χ2v) is 5.87. The van der Waals surface area contributed by atoms with Crippen LogP contribution in [0.1, 0.15) is 33.6 Å². The van der Waals surface area contributed by atoms with E-state index >= 15 is 0 Å². The average molecular weight is 225 g/mol. The van der Waals surface area contributed by atoms with E-state index in [-0.39, 0.29) is 0 Å². The highest BCUT2D eigenvalue weighted by Gasteiger charge is 2.46. The van der Waals surface area contributed by atoms with Gasteiger partial charge in [0.25, 0.3) is 0 Å². The van der Waals surface area contributed by atoms with Gasteiger partial charge in [0, 0.05) is 37.8 Å². The van der Waals surface area contributed by atoms with Crippen molar-refractivity contribution in [1.82, 2.24) is 9.80 Å². The minimum atomic E-state index is 0.355. The van der Waals surface area contributed by atoms with Crippen LogP contribution in [-0.2, 0) is 0 Å². The average Bonchev–Trinajstić information content (AvgIpc) is 2.24. The van der Waals surface area contributed by atoms with E-state index in [0.29, 0.717) is 11.6 Å². The molecular weight excluding hydrogens is 198 g/mol. The number of nitrogens with two attached hydrogens (primary N) is 1. The predicted molar refractivity (Wildman–Crippen MR) is 68.5 cm³/mol. The van der Waals surface area contributed by atoms with Crippen molar-refractivity contribution in [3.05, 3.63) is 0 Å². The van der Waals surface area contributed by atoms with E-state index in [1.807, 2.05) is 0 Å². The molecule has 2 rings (SSSR count). The molecule has 0 spiro atoms. The summed E-state index contributed by atoms with van der Waals surface area (Å²) in [5.41, 5.74) is 6.37. The fraction of sp³-hybridized carbons (Fsp3) is 1.00. The molecule has 1 aliphatic carbocycles. The lowest BCUT2D eigenvalue weighted by molar-refractivity contribution is -0.0540. The summed E-state index contributed by atoms with van der Waals surface area (Å²) in [5.74, 6) is 0.878. The smallest absolute Gasteiger partial charge is 0.0338 e. The van der Waals surface area contributed by atoms with Gasteiger partial charge in [0.05, 0.1) is 0 Å². The number of rotatable bonds is 3. The van der Waals surface area contributed by atoms with Gasteiger partial charge < -0.3 is 5.73 Å². The number of hydrogen-bond donors (Lipinski definition) is 1. The van der Waals surface area contributed by atoms with Crippen LogP contribution in [0.15, 0.2) is 0 Å². The first-order chi connectivity index (χ1) is 7.61. The molecule has 1 atom stereocenters. The summed E-state index contributed by atoms with van der Waals surface area (Å²) >= 11 is 0. The topological polar surface area (TPSA) is 32.5 Å². The van der Waals surface area contributed by atoms with Crippen molar-refractivity contribution in [3.63, 3.8) is 0 Å². The van der Waals surface area contributed by atoms with Crippen molar-refractivity contribution in [1.29, 1.82) is 0 Å². The van der Waals surface area contributed by atoms with E-state index in [0.717, 1.165) is 12.5 Å². The van der Waals surface area contributed by atoms with Crippen LogP contribution in [0.4, 0.5) is 0 Å². The lowest BCUT2D eigenvalue weighted by Crippen LogP contribution is -2.66. The second kappa shape index (κ2) is 4.63. The summed E-state index contributed by atoms with van der Waals surface area (Å²) in [6, 6.07) is 0.693. The van der Waals surface area contributed by atoms with E-state index in [1.165, 1.54) is 39.0 Å². The van der Waals surface area contributed by atoms with Crippen LogP contribution in [-0.4, -0.2) is 54.1 Å². The molecule has 1 unspecified atom stereocenters. The van der Waals surface area contributed by atoms with Crippen molar-refractivity contribution in [2.45, 2.75) is 45.2 Å². The molecule has 0 aromatic heterocycles. The molecule has 16 heavy (non-hydrogen) atoms. The Bertz CT molecular complexity index is 235. The van der Waals surface area contributed by atoms with Crippen molar-refractivity contribution >= 4 is 0 Å². The van der Waals surface area contributed by atoms with Gasteiger partial charge in [-0.3, -0.25) is 9.80 Å². The monoisotopic (exact) mass is 225 g/mol. The Morgan fingerprint density at radius 2 is 1.94 bits per heavy atom. The summed E-state index contributed by atoms with van der Waals surface area (Å²) in [5, 5.41) is 0. The van der Waals surface area contributed by atoms with E-state index < -0.39 is 0 Å². The van der Waals surface area contributed by atoms with Crippen LogP contribution in [0.5, 0.6) is 0 Å². The molecule has 3 nitrogen and oxygen atoms in total. The molecule has 3 heteroatoms. The van der Waals surface area contributed by atoms with Crippen LogP contribution >= 0.6 is 0 Å². The van der Waals surface area contributed by atoms with Gasteiger partial charge in [0.15, 0.2) is 0 Å². The van der Waals surface area contributed by atoms with Crippen LogP contribution in [0.3, 0.4) is 0 Å². The Morgan fingerprint density at radius 3 is 2.38 bits per heavy atom. The summed E-state index contributed by atoms with van der Waals surface area (Å²) in [6.45, 7) is 12.6. The molecule has 94 valence electrons. The maximum atomic E-state index is 6.02. The fourth-order valence-electron chi connectivity index (χ4n) is 3.69. The molecule has 1 saturated heterocycles. The zero-order chi connectivity index (χ0) is 11.8. The minimum absolute atomic E-state index is 0.355. The number of nitrogens with zero attached hydrogens (tertiary/aromatic N) is 2. The first kappa shape index (κ1) is 12.3. The SMILES string of the molecule is CCN1CCN(C2(CN)CC(C)C2)CC1C. The van der Waals surface area contributed by atoms with Crippen molar-refractivity contribution in [2.75, 3.05) is 32.7 Å². The number of piperazine rings is 1. The standard InChI is InChI=1S/C13H27N3/c1-4-15-5-6-16(9-12(15)3)13(10-14)7-11(2)8-13/h11-12H,4-10,14H2,1-3H3. The molecule has 0 aromatic carbocycles. The summed E-state index contributed by atoms with van der Waals surface area (Å²) in [6.07, 6.45) is 2.62. The lowest BCUT2D eigenvalue weighted by Gasteiger charge is -2.56. The third-order valence-electron chi connectivity index (χ3n) is 4.68. The summed E-state index contributed by atoms with van der Waals surface area (Å²) in [4.78, 5) is 5.24. The van der Waals surface area contributed by atoms with E-state index in [4.69, 9.17) is 5.73 Å². The summed E-state index contributed by atoms with van der Waals surface area (Å²) in [7, 11) is 0. The molecular formula is C13H27N3. The largest absolute Gasteiger partial charge is 0.329 e. The summed E-state index contributed by atoms with van der Waals surface area (Å²) < 4.78 is 0. The Balaban J connectivity index is 1.96. The molecule has 0 aromatic rings. The van der Waals surface area contributed by atoms with Crippen LogP contribution in [0, 0.1) is 5.92 Å². The first-order valence-electron chi connectivity index (χ1n) is 6.80. The molecule has 1 aliphatic heterocycles. The first-order valence-corrected chi connectivity index (χ1v) is 6.80. The highest BCUT2D eigenvalue weighted by Crippen LogP contribution is 2.42. The zero-order valence-electron chi connectivity index (χ0n) is 11.1. The van der Waals surface area contributed by atoms with Gasteiger partial charge in [-0.25, -0.2) is 0 Å². The Kier molecular flexibility index (Phi) is 3.57. The van der Waals surface area contributed by atoms with Crippen molar-refractivity contribution in [3.8, 4) is 0 Å². The number of hydrogen-bond acceptors (Lipinski definition) is 3. The van der Waals surface area contributed by atoms with Crippen LogP contribution in [0.25, 0.3) is 0 Å². The van der Waals surface area contributed by atoms with Crippen molar-refractivity contribution in [2.24, 2.45) is 11.7 Å². The zero-order valence-corrected chi connectivity index (χ0v) is 11.1. The van der Waals surface area contributed by atoms with Gasteiger partial charge in [-0.2, -0.15) is 0 Å². The lowest BCUT2D eigenvalue weighted by atomic mass is 9.67. The normalized spacial score (nSPS) is 42.0. The second-order valence-electron chi connectivity index (χ2n) is 5.87. The maximum absolute atomic E-state index is 6.02. The minimum Gasteiger partial charge on any atom is -0.329 e. The molecule has 0 bridgehead atoms. The predicted octanol–water partition coefficient (Wildman–Crippen LogP) is 1.14. The van der Waals surface area contributed by atoms with E-state index in [2.05, 4.69) is 30.6 Å². The molecule has 1 saturated carbocycles. The Morgan fingerprint density at radius 1 is 1.25 bits per heavy atom. The van der Waals surface area contributed by atoms with Crippen LogP contribution in [0.2, 0.25) is 0 Å². The molecule has 2 fully saturated rings. The quantitative estimate of drug-likeness (QED) is 0.782.